The Bertz CT molecular complexity index is 555. The van der Waals surface area contributed by atoms with Crippen LogP contribution in [0.1, 0.15) is 26.2 Å². The van der Waals surface area contributed by atoms with E-state index in [2.05, 4.69) is 5.32 Å². The van der Waals surface area contributed by atoms with Gasteiger partial charge in [-0.3, -0.25) is 4.79 Å². The van der Waals surface area contributed by atoms with Crippen LogP contribution >= 0.6 is 0 Å². The van der Waals surface area contributed by atoms with Crippen molar-refractivity contribution in [1.82, 2.24) is 0 Å². The maximum atomic E-state index is 11.6. The van der Waals surface area contributed by atoms with Crippen LogP contribution in [0.3, 0.4) is 0 Å². The summed E-state index contributed by atoms with van der Waals surface area (Å²) in [5, 5.41) is 7.72. The molecule has 1 rings (SSSR count). The molecule has 1 aromatic rings. The van der Waals surface area contributed by atoms with Gasteiger partial charge in [-0.2, -0.15) is 0 Å². The number of unbranched alkanes of at least 4 members (excludes halogenated alkanes) is 1. The number of hydrogen-bond donors (Lipinski definition) is 2. The molecule has 0 spiro atoms. The van der Waals surface area contributed by atoms with Gasteiger partial charge >= 0.3 is 0 Å². The summed E-state index contributed by atoms with van der Waals surface area (Å²) in [4.78, 5) is 11.4. The highest BCUT2D eigenvalue weighted by atomic mass is 32.2. The second kappa shape index (κ2) is 6.53. The summed E-state index contributed by atoms with van der Waals surface area (Å²) in [6, 6.07) is 4.31. The molecule has 0 radical (unpaired) electrons. The number of ether oxygens (including phenoxy) is 1. The molecule has 0 aliphatic heterocycles. The van der Waals surface area contributed by atoms with E-state index in [1.54, 1.807) is 6.07 Å². The molecule has 0 bridgehead atoms. The van der Waals surface area contributed by atoms with Crippen molar-refractivity contribution < 1.29 is 17.9 Å². The van der Waals surface area contributed by atoms with Crippen molar-refractivity contribution in [1.29, 1.82) is 0 Å². The van der Waals surface area contributed by atoms with Crippen LogP contribution < -0.4 is 15.2 Å². The predicted molar refractivity (Wildman–Crippen MR) is 72.5 cm³/mol. The van der Waals surface area contributed by atoms with Gasteiger partial charge in [0.05, 0.1) is 7.11 Å². The minimum absolute atomic E-state index is 0.147. The summed E-state index contributed by atoms with van der Waals surface area (Å²) < 4.78 is 27.7. The standard InChI is InChI=1S/C12H18N2O4S/c1-3-4-5-12(15)14-9-6-7-10(18-2)11(8-9)19(13,16)17/h6-8H,3-5H2,1-2H3,(H,14,15)(H2,13,16,17). The van der Waals surface area contributed by atoms with E-state index in [0.29, 0.717) is 12.1 Å². The van der Waals surface area contributed by atoms with Gasteiger partial charge in [0.15, 0.2) is 0 Å². The van der Waals surface area contributed by atoms with Gasteiger partial charge in [0.25, 0.3) is 0 Å². The Morgan fingerprint density at radius 1 is 1.42 bits per heavy atom. The van der Waals surface area contributed by atoms with E-state index in [9.17, 15) is 13.2 Å². The SMILES string of the molecule is CCCCC(=O)Nc1ccc(OC)c(S(N)(=O)=O)c1. The fourth-order valence-corrected chi connectivity index (χ4v) is 2.26. The third-order valence-electron chi connectivity index (χ3n) is 2.51. The highest BCUT2D eigenvalue weighted by Gasteiger charge is 2.16. The lowest BCUT2D eigenvalue weighted by Crippen LogP contribution is -2.15. The van der Waals surface area contributed by atoms with Crippen molar-refractivity contribution in [3.05, 3.63) is 18.2 Å². The number of carbonyl (C=O) groups is 1. The van der Waals surface area contributed by atoms with E-state index in [-0.39, 0.29) is 16.6 Å². The number of nitrogens with two attached hydrogens (primary N) is 1. The average Bonchev–Trinajstić information content (AvgIpc) is 2.35. The van der Waals surface area contributed by atoms with Gasteiger partial charge < -0.3 is 10.1 Å². The molecule has 0 heterocycles. The fraction of sp³-hybridized carbons (Fsp3) is 0.417. The van der Waals surface area contributed by atoms with Crippen molar-refractivity contribution in [3.8, 4) is 5.75 Å². The minimum Gasteiger partial charge on any atom is -0.495 e. The number of sulfonamides is 1. The van der Waals surface area contributed by atoms with Gasteiger partial charge in [-0.05, 0) is 24.6 Å². The predicted octanol–water partition coefficient (Wildman–Crippen LogP) is 1.47. The van der Waals surface area contributed by atoms with Gasteiger partial charge in [-0.15, -0.1) is 0 Å². The van der Waals surface area contributed by atoms with Crippen molar-refractivity contribution in [2.45, 2.75) is 31.1 Å². The van der Waals surface area contributed by atoms with Gasteiger partial charge in [0, 0.05) is 12.1 Å². The summed E-state index contributed by atoms with van der Waals surface area (Å²) >= 11 is 0. The van der Waals surface area contributed by atoms with E-state index < -0.39 is 10.0 Å². The molecule has 0 unspecified atom stereocenters. The topological polar surface area (TPSA) is 98.5 Å². The Labute approximate surface area is 113 Å². The quantitative estimate of drug-likeness (QED) is 0.827. The first kappa shape index (κ1) is 15.5. The number of methoxy groups -OCH3 is 1. The highest BCUT2D eigenvalue weighted by Crippen LogP contribution is 2.26. The number of benzene rings is 1. The van der Waals surface area contributed by atoms with Gasteiger partial charge in [-0.25, -0.2) is 13.6 Å². The van der Waals surface area contributed by atoms with Crippen molar-refractivity contribution in [2.75, 3.05) is 12.4 Å². The third kappa shape index (κ3) is 4.53. The second-order valence-corrected chi connectivity index (χ2v) is 5.59. The molecule has 0 saturated carbocycles. The van der Waals surface area contributed by atoms with Crippen LogP contribution in [0.2, 0.25) is 0 Å². The van der Waals surface area contributed by atoms with E-state index >= 15 is 0 Å². The molecular weight excluding hydrogens is 268 g/mol. The first-order chi connectivity index (χ1) is 8.88. The zero-order chi connectivity index (χ0) is 14.5. The van der Waals surface area contributed by atoms with Crippen LogP contribution in [-0.4, -0.2) is 21.4 Å². The molecule has 7 heteroatoms. The van der Waals surface area contributed by atoms with Crippen molar-refractivity contribution >= 4 is 21.6 Å². The minimum atomic E-state index is -3.90. The number of carbonyl (C=O) groups excluding carboxylic acids is 1. The van der Waals surface area contributed by atoms with E-state index in [1.807, 2.05) is 6.92 Å². The molecule has 0 fully saturated rings. The van der Waals surface area contributed by atoms with E-state index in [1.165, 1.54) is 19.2 Å². The highest BCUT2D eigenvalue weighted by molar-refractivity contribution is 7.89. The van der Waals surface area contributed by atoms with E-state index in [4.69, 9.17) is 9.88 Å². The zero-order valence-electron chi connectivity index (χ0n) is 11.0. The zero-order valence-corrected chi connectivity index (χ0v) is 11.8. The van der Waals surface area contributed by atoms with Crippen LogP contribution in [0, 0.1) is 0 Å². The van der Waals surface area contributed by atoms with Crippen molar-refractivity contribution in [2.24, 2.45) is 5.14 Å². The smallest absolute Gasteiger partial charge is 0.241 e. The summed E-state index contributed by atoms with van der Waals surface area (Å²) in [7, 11) is -2.55. The van der Waals surface area contributed by atoms with Crippen LogP contribution in [0.5, 0.6) is 5.75 Å². The lowest BCUT2D eigenvalue weighted by Gasteiger charge is -2.10. The Hall–Kier alpha value is -1.60. The molecule has 0 saturated heterocycles. The molecule has 106 valence electrons. The normalized spacial score (nSPS) is 11.1. The number of rotatable bonds is 6. The molecule has 3 N–H and O–H groups in total. The average molecular weight is 286 g/mol. The Balaban J connectivity index is 2.96. The molecular formula is C12H18N2O4S. The Kier molecular flexibility index (Phi) is 5.31. The number of amides is 1. The van der Waals surface area contributed by atoms with Gasteiger partial charge in [0.1, 0.15) is 10.6 Å². The monoisotopic (exact) mass is 286 g/mol. The molecule has 0 aromatic heterocycles. The summed E-state index contributed by atoms with van der Waals surface area (Å²) in [5.41, 5.74) is 0.380. The van der Waals surface area contributed by atoms with Gasteiger partial charge in [0.2, 0.25) is 15.9 Å². The molecule has 1 aromatic carbocycles. The number of anilines is 1. The summed E-state index contributed by atoms with van der Waals surface area (Å²) in [6.45, 7) is 1.99. The molecule has 19 heavy (non-hydrogen) atoms. The molecule has 6 nitrogen and oxygen atoms in total. The van der Waals surface area contributed by atoms with Crippen LogP contribution in [-0.2, 0) is 14.8 Å². The first-order valence-corrected chi connectivity index (χ1v) is 7.43. The first-order valence-electron chi connectivity index (χ1n) is 5.89. The Morgan fingerprint density at radius 3 is 2.63 bits per heavy atom. The third-order valence-corrected chi connectivity index (χ3v) is 3.44. The van der Waals surface area contributed by atoms with Crippen LogP contribution in [0.15, 0.2) is 23.1 Å². The van der Waals surface area contributed by atoms with Gasteiger partial charge in [-0.1, -0.05) is 13.3 Å². The van der Waals surface area contributed by atoms with Crippen molar-refractivity contribution in [3.63, 3.8) is 0 Å². The number of nitrogens with one attached hydrogen (secondary N) is 1. The molecule has 1 amide bonds. The maximum absolute atomic E-state index is 11.6. The summed E-state index contributed by atoms with van der Waals surface area (Å²) in [6.07, 6.45) is 2.09. The lowest BCUT2D eigenvalue weighted by molar-refractivity contribution is -0.116. The lowest BCUT2D eigenvalue weighted by atomic mass is 10.2. The van der Waals surface area contributed by atoms with Crippen LogP contribution in [0.4, 0.5) is 5.69 Å². The maximum Gasteiger partial charge on any atom is 0.241 e. The number of primary sulfonamides is 1. The summed E-state index contributed by atoms with van der Waals surface area (Å²) in [5.74, 6) is -0.0126. The second-order valence-electron chi connectivity index (χ2n) is 4.06. The largest absolute Gasteiger partial charge is 0.495 e. The molecule has 0 atom stereocenters. The van der Waals surface area contributed by atoms with Crippen LogP contribution in [0.25, 0.3) is 0 Å². The molecule has 0 aliphatic rings. The molecule has 0 aliphatic carbocycles. The Morgan fingerprint density at radius 2 is 2.11 bits per heavy atom. The van der Waals surface area contributed by atoms with E-state index in [0.717, 1.165) is 12.8 Å². The number of hydrogen-bond acceptors (Lipinski definition) is 4. The fourth-order valence-electron chi connectivity index (χ4n) is 1.54.